The Morgan fingerprint density at radius 2 is 1.27 bits per heavy atom. The second-order valence-electron chi connectivity index (χ2n) is 10.9. The lowest BCUT2D eigenvalue weighted by atomic mass is 9.99. The van der Waals surface area contributed by atoms with Gasteiger partial charge in [-0.1, -0.05) is 54.6 Å². The first kappa shape index (κ1) is 21.3. The largest absolute Gasteiger partial charge is 0.309 e. The van der Waals surface area contributed by atoms with Gasteiger partial charge in [0.15, 0.2) is 5.65 Å². The SMILES string of the molecule is c1ccc(-n2c3ccccc3c3c4c(ccc32)-c2ccc3c5ncccc5n5c6cccnc6nc5c3c2C4)cc1. The molecule has 190 valence electrons. The van der Waals surface area contributed by atoms with Gasteiger partial charge in [0.2, 0.25) is 0 Å². The lowest BCUT2D eigenvalue weighted by Crippen LogP contribution is -1.96. The van der Waals surface area contributed by atoms with Crippen molar-refractivity contribution in [2.75, 3.05) is 0 Å². The van der Waals surface area contributed by atoms with E-state index in [1.165, 1.54) is 55.1 Å². The molecule has 10 rings (SSSR count). The van der Waals surface area contributed by atoms with Crippen molar-refractivity contribution < 1.29 is 0 Å². The highest BCUT2D eigenvalue weighted by molar-refractivity contribution is 6.18. The third-order valence-corrected chi connectivity index (χ3v) is 8.85. The number of hydrogen-bond donors (Lipinski definition) is 0. The number of imidazole rings is 1. The number of nitrogens with zero attached hydrogens (tertiary/aromatic N) is 5. The standard InChI is InChI=1S/C36H21N5/c1-2-8-21(9-3-1)40-28-11-5-4-10-24(28)32-26-20-27-22(23(26)16-17-29(32)40)14-15-25-33(27)36-39-35-31(13-7-19-38-35)41(36)30-12-6-18-37-34(25)30/h1-19H,20H2. The molecule has 0 amide bonds. The summed E-state index contributed by atoms with van der Waals surface area (Å²) in [4.78, 5) is 14.6. The van der Waals surface area contributed by atoms with E-state index in [4.69, 9.17) is 9.97 Å². The molecule has 1 aliphatic rings. The molecule has 0 bridgehead atoms. The summed E-state index contributed by atoms with van der Waals surface area (Å²) in [6, 6.07) is 36.8. The average molecular weight is 524 g/mol. The molecule has 5 aromatic heterocycles. The van der Waals surface area contributed by atoms with E-state index in [1.54, 1.807) is 0 Å². The van der Waals surface area contributed by atoms with Crippen molar-refractivity contribution in [3.05, 3.63) is 127 Å². The van der Waals surface area contributed by atoms with Gasteiger partial charge in [-0.3, -0.25) is 9.38 Å². The second-order valence-corrected chi connectivity index (χ2v) is 10.9. The Bertz CT molecular complexity index is 2550. The van der Waals surface area contributed by atoms with Gasteiger partial charge < -0.3 is 4.57 Å². The fourth-order valence-corrected chi connectivity index (χ4v) is 7.25. The van der Waals surface area contributed by atoms with Crippen LogP contribution in [0.15, 0.2) is 116 Å². The number of para-hydroxylation sites is 2. The van der Waals surface area contributed by atoms with Gasteiger partial charge in [-0.2, -0.15) is 0 Å². The van der Waals surface area contributed by atoms with E-state index in [1.807, 2.05) is 24.5 Å². The average Bonchev–Trinajstić information content (AvgIpc) is 3.71. The van der Waals surface area contributed by atoms with Crippen LogP contribution in [0.4, 0.5) is 0 Å². The van der Waals surface area contributed by atoms with Crippen LogP contribution in [-0.4, -0.2) is 23.9 Å². The third-order valence-electron chi connectivity index (χ3n) is 8.85. The lowest BCUT2D eigenvalue weighted by Gasteiger charge is -2.11. The molecular weight excluding hydrogens is 502 g/mol. The summed E-state index contributed by atoms with van der Waals surface area (Å²) in [5.41, 5.74) is 13.7. The Balaban J connectivity index is 1.34. The van der Waals surface area contributed by atoms with E-state index >= 15 is 0 Å². The van der Waals surface area contributed by atoms with Crippen molar-refractivity contribution in [1.29, 1.82) is 0 Å². The minimum atomic E-state index is 0.756. The van der Waals surface area contributed by atoms with Crippen LogP contribution in [-0.2, 0) is 6.42 Å². The van der Waals surface area contributed by atoms with Crippen LogP contribution in [0.5, 0.6) is 0 Å². The molecule has 0 saturated heterocycles. The summed E-state index contributed by atoms with van der Waals surface area (Å²) >= 11 is 0. The fraction of sp³-hybridized carbons (Fsp3) is 0.0278. The monoisotopic (exact) mass is 523 g/mol. The molecule has 0 atom stereocenters. The van der Waals surface area contributed by atoms with Crippen LogP contribution in [0.1, 0.15) is 11.1 Å². The Morgan fingerprint density at radius 3 is 2.17 bits per heavy atom. The Kier molecular flexibility index (Phi) is 3.92. The smallest absolute Gasteiger partial charge is 0.178 e. The second kappa shape index (κ2) is 7.55. The van der Waals surface area contributed by atoms with Crippen LogP contribution in [0.25, 0.3) is 77.2 Å². The Morgan fingerprint density at radius 1 is 0.537 bits per heavy atom. The van der Waals surface area contributed by atoms with Crippen LogP contribution >= 0.6 is 0 Å². The van der Waals surface area contributed by atoms with Gasteiger partial charge in [-0.15, -0.1) is 0 Å². The van der Waals surface area contributed by atoms with E-state index in [9.17, 15) is 0 Å². The third kappa shape index (κ3) is 2.63. The number of pyridine rings is 3. The van der Waals surface area contributed by atoms with Gasteiger partial charge >= 0.3 is 0 Å². The van der Waals surface area contributed by atoms with Crippen LogP contribution < -0.4 is 0 Å². The highest BCUT2D eigenvalue weighted by Gasteiger charge is 2.28. The van der Waals surface area contributed by atoms with Crippen molar-refractivity contribution >= 4 is 60.4 Å². The van der Waals surface area contributed by atoms with Crippen molar-refractivity contribution in [1.82, 2.24) is 23.9 Å². The van der Waals surface area contributed by atoms with Gasteiger partial charge in [0.25, 0.3) is 0 Å². The Labute approximate surface area is 234 Å². The van der Waals surface area contributed by atoms with Crippen LogP contribution in [0.2, 0.25) is 0 Å². The first-order valence-corrected chi connectivity index (χ1v) is 13.9. The number of hydrogen-bond acceptors (Lipinski definition) is 3. The molecule has 0 saturated carbocycles. The zero-order valence-corrected chi connectivity index (χ0v) is 21.9. The van der Waals surface area contributed by atoms with E-state index in [0.29, 0.717) is 0 Å². The molecule has 0 radical (unpaired) electrons. The molecule has 0 aliphatic heterocycles. The molecule has 1 aliphatic carbocycles. The van der Waals surface area contributed by atoms with Gasteiger partial charge in [0.05, 0.1) is 27.6 Å². The number of rotatable bonds is 1. The molecule has 0 N–H and O–H groups in total. The highest BCUT2D eigenvalue weighted by atomic mass is 15.1. The van der Waals surface area contributed by atoms with Crippen molar-refractivity contribution in [3.63, 3.8) is 0 Å². The lowest BCUT2D eigenvalue weighted by molar-refractivity contribution is 1.18. The van der Waals surface area contributed by atoms with Crippen LogP contribution in [0, 0.1) is 0 Å². The molecule has 0 fully saturated rings. The fourth-order valence-electron chi connectivity index (χ4n) is 7.25. The molecule has 41 heavy (non-hydrogen) atoms. The highest BCUT2D eigenvalue weighted by Crippen LogP contribution is 2.48. The molecule has 5 nitrogen and oxygen atoms in total. The molecule has 5 heteroatoms. The van der Waals surface area contributed by atoms with Gasteiger partial charge in [-0.05, 0) is 70.8 Å². The molecule has 9 aromatic rings. The minimum Gasteiger partial charge on any atom is -0.309 e. The van der Waals surface area contributed by atoms with E-state index in [-0.39, 0.29) is 0 Å². The number of aromatic nitrogens is 5. The summed E-state index contributed by atoms with van der Waals surface area (Å²) in [6.07, 6.45) is 4.54. The molecule has 5 heterocycles. The summed E-state index contributed by atoms with van der Waals surface area (Å²) in [6.45, 7) is 0. The zero-order valence-electron chi connectivity index (χ0n) is 21.9. The summed E-state index contributed by atoms with van der Waals surface area (Å²) in [5, 5.41) is 4.92. The van der Waals surface area contributed by atoms with E-state index in [0.717, 1.165) is 39.7 Å². The maximum absolute atomic E-state index is 5.11. The molecule has 4 aromatic carbocycles. The maximum Gasteiger partial charge on any atom is 0.178 e. The number of fused-ring (bicyclic) bond motifs is 16. The van der Waals surface area contributed by atoms with Gasteiger partial charge in [-0.25, -0.2) is 9.97 Å². The van der Waals surface area contributed by atoms with Crippen LogP contribution in [0.3, 0.4) is 0 Å². The number of benzene rings is 4. The quantitative estimate of drug-likeness (QED) is 0.204. The van der Waals surface area contributed by atoms with Crippen molar-refractivity contribution in [2.45, 2.75) is 6.42 Å². The normalized spacial score (nSPS) is 12.8. The van der Waals surface area contributed by atoms with Gasteiger partial charge in [0.1, 0.15) is 5.65 Å². The molecule has 0 unspecified atom stereocenters. The first-order chi connectivity index (χ1) is 20.4. The molecule has 0 spiro atoms. The predicted molar refractivity (Wildman–Crippen MR) is 166 cm³/mol. The predicted octanol–water partition coefficient (Wildman–Crippen LogP) is 8.25. The topological polar surface area (TPSA) is 48.0 Å². The van der Waals surface area contributed by atoms with Crippen molar-refractivity contribution in [3.8, 4) is 16.8 Å². The zero-order chi connectivity index (χ0) is 26.7. The van der Waals surface area contributed by atoms with Crippen molar-refractivity contribution in [2.24, 2.45) is 0 Å². The van der Waals surface area contributed by atoms with E-state index < -0.39 is 0 Å². The van der Waals surface area contributed by atoms with Gasteiger partial charge in [0, 0.05) is 46.0 Å². The summed E-state index contributed by atoms with van der Waals surface area (Å²) in [7, 11) is 0. The first-order valence-electron chi connectivity index (χ1n) is 13.9. The summed E-state index contributed by atoms with van der Waals surface area (Å²) in [5.74, 6) is 0. The maximum atomic E-state index is 5.11. The summed E-state index contributed by atoms with van der Waals surface area (Å²) < 4.78 is 4.64. The van der Waals surface area contributed by atoms with E-state index in [2.05, 4.69) is 105 Å². The Hall–Kier alpha value is -5.55. The molecular formula is C36H21N5. The minimum absolute atomic E-state index is 0.756.